The molecule has 1 aliphatic carbocycles. The van der Waals surface area contributed by atoms with E-state index in [-0.39, 0.29) is 18.4 Å². The third kappa shape index (κ3) is 5.42. The minimum Gasteiger partial charge on any atom is -0.496 e. The van der Waals surface area contributed by atoms with Crippen LogP contribution in [-0.2, 0) is 45.8 Å². The van der Waals surface area contributed by atoms with Crippen molar-refractivity contribution in [1.29, 1.82) is 0 Å². The van der Waals surface area contributed by atoms with Crippen LogP contribution in [0.2, 0.25) is 0 Å². The lowest BCUT2D eigenvalue weighted by atomic mass is 9.47. The third-order valence-corrected chi connectivity index (χ3v) is 15.8. The van der Waals surface area contributed by atoms with Crippen LogP contribution in [-0.4, -0.2) is 133 Å². The smallest absolute Gasteiger partial charge is 0.344 e. The number of likely N-dealkylation sites (N-methyl/N-ethyl adjacent to an activating group) is 1. The number of anilines is 1. The number of rotatable bonds is 7. The number of piperidine rings is 1. The molecule has 2 aromatic carbocycles. The molecular formula is C47H57N5O9. The zero-order valence-electron chi connectivity index (χ0n) is 36.2. The van der Waals surface area contributed by atoms with E-state index in [0.29, 0.717) is 93.2 Å². The van der Waals surface area contributed by atoms with E-state index in [1.165, 1.54) is 21.1 Å². The predicted molar refractivity (Wildman–Crippen MR) is 227 cm³/mol. The van der Waals surface area contributed by atoms with Gasteiger partial charge in [-0.15, -0.1) is 0 Å². The Kier molecular flexibility index (Phi) is 9.71. The first-order valence-corrected chi connectivity index (χ1v) is 21.6. The van der Waals surface area contributed by atoms with Crippen LogP contribution in [0.4, 0.5) is 11.4 Å². The van der Waals surface area contributed by atoms with Gasteiger partial charge in [-0.3, -0.25) is 19.4 Å². The molecular weight excluding hydrogens is 779 g/mol. The summed E-state index contributed by atoms with van der Waals surface area (Å²) in [6.45, 7) is 16.2. The second kappa shape index (κ2) is 14.3. The third-order valence-electron chi connectivity index (χ3n) is 15.8. The SMILES string of the molecule is [C-]#[N+]c1ccc2[nH]c3c(c2c1)CCN1C[C@H](C[C@@](O)(CC)C1)C[C@]3(C(=O)OC)c1cc2c(cc1OC)N(C)[C@H]1[C@@](O)(C(=O)OC)[C@H](OC(C)=O)[C@]3(CC)C=CCN4CC[C@]21[C@@H]43. The number of nitrogens with zero attached hydrogens (tertiary/aromatic N) is 4. The molecule has 2 bridgehead atoms. The molecule has 3 fully saturated rings. The summed E-state index contributed by atoms with van der Waals surface area (Å²) in [6, 6.07) is 8.23. The quantitative estimate of drug-likeness (QED) is 0.132. The zero-order chi connectivity index (χ0) is 43.4. The van der Waals surface area contributed by atoms with E-state index in [4.69, 9.17) is 25.5 Å². The lowest BCUT2D eigenvalue weighted by Gasteiger charge is -2.63. The highest BCUT2D eigenvalue weighted by atomic mass is 16.6. The standard InChI is InChI=1S/C47H57N5O9/c1-9-43(56)23-28-24-46(41(54)59-7,37-30(14-18-51(25-28)26-43)31-20-29(48-4)12-13-34(31)49-37)33-21-32-35(22-36(33)58-6)50(5)39-45(32)16-19-52-17-11-15-44(10-2,38(45)52)40(61-27(3)53)47(39,57)42(55)60-8/h11-13,15,20-22,28,38-40,49,56-57H,9-10,14,16-19,23-26H2,1-3,5-8H3/t28-,38+,39-,40-,43+,44-,45-,46+,47+/m1/s1. The van der Waals surface area contributed by atoms with Gasteiger partial charge in [0.1, 0.15) is 11.2 Å². The second-order valence-corrected chi connectivity index (χ2v) is 18.5. The summed E-state index contributed by atoms with van der Waals surface area (Å²) in [5.41, 5.74) is -1.83. The Hall–Kier alpha value is -4.94. The molecule has 0 radical (unpaired) electrons. The first-order chi connectivity index (χ1) is 29.2. The molecule has 6 aliphatic rings. The fraction of sp³-hybridized carbons (Fsp3) is 0.574. The summed E-state index contributed by atoms with van der Waals surface area (Å²) in [7, 11) is 6.07. The van der Waals surface area contributed by atoms with E-state index >= 15 is 4.79 Å². The van der Waals surface area contributed by atoms with Crippen LogP contribution in [0, 0.1) is 17.9 Å². The number of H-pyrrole nitrogens is 1. The van der Waals surface area contributed by atoms with Crippen LogP contribution in [0.3, 0.4) is 0 Å². The minimum atomic E-state index is -2.33. The summed E-state index contributed by atoms with van der Waals surface area (Å²) in [6.07, 6.45) is 5.61. The van der Waals surface area contributed by atoms with Crippen LogP contribution in [0.25, 0.3) is 15.7 Å². The number of benzene rings is 2. The highest BCUT2D eigenvalue weighted by molar-refractivity contribution is 5.96. The van der Waals surface area contributed by atoms with E-state index < -0.39 is 57.5 Å². The van der Waals surface area contributed by atoms with E-state index in [1.807, 2.05) is 56.1 Å². The Morgan fingerprint density at radius 3 is 2.43 bits per heavy atom. The minimum absolute atomic E-state index is 0.151. The zero-order valence-corrected chi connectivity index (χ0v) is 36.2. The maximum atomic E-state index is 15.4. The van der Waals surface area contributed by atoms with Gasteiger partial charge >= 0.3 is 17.9 Å². The molecule has 6 heterocycles. The number of aliphatic hydroxyl groups is 2. The van der Waals surface area contributed by atoms with Crippen LogP contribution in [0.15, 0.2) is 42.5 Å². The summed E-state index contributed by atoms with van der Waals surface area (Å²) in [4.78, 5) is 56.9. The number of hydrogen-bond donors (Lipinski definition) is 3. The monoisotopic (exact) mass is 835 g/mol. The Morgan fingerprint density at radius 1 is 0.984 bits per heavy atom. The second-order valence-electron chi connectivity index (χ2n) is 18.5. The van der Waals surface area contributed by atoms with E-state index in [9.17, 15) is 19.8 Å². The Bertz CT molecular complexity index is 2410. The van der Waals surface area contributed by atoms with E-state index in [0.717, 1.165) is 22.0 Å². The predicted octanol–water partition coefficient (Wildman–Crippen LogP) is 4.54. The van der Waals surface area contributed by atoms with Crippen molar-refractivity contribution in [2.24, 2.45) is 11.3 Å². The number of hydrogen-bond acceptors (Lipinski definition) is 12. The van der Waals surface area contributed by atoms with Crippen molar-refractivity contribution in [2.75, 3.05) is 66.0 Å². The molecule has 14 nitrogen and oxygen atoms in total. The number of aromatic nitrogens is 1. The Morgan fingerprint density at radius 2 is 1.75 bits per heavy atom. The number of ether oxygens (including phenoxy) is 4. The van der Waals surface area contributed by atoms with Gasteiger partial charge in [-0.25, -0.2) is 9.64 Å². The average molecular weight is 836 g/mol. The fourth-order valence-electron chi connectivity index (χ4n) is 13.6. The number of methoxy groups -OCH3 is 3. The largest absolute Gasteiger partial charge is 0.496 e. The van der Waals surface area contributed by atoms with Gasteiger partial charge < -0.3 is 39.0 Å². The van der Waals surface area contributed by atoms with Gasteiger partial charge in [0, 0.05) is 85.6 Å². The van der Waals surface area contributed by atoms with E-state index in [2.05, 4.69) is 25.7 Å². The highest BCUT2D eigenvalue weighted by Gasteiger charge is 2.80. The molecule has 1 saturated carbocycles. The number of esters is 3. The average Bonchev–Trinajstić information content (AvgIpc) is 3.92. The lowest BCUT2D eigenvalue weighted by Crippen LogP contribution is -2.81. The molecule has 3 N–H and O–H groups in total. The summed E-state index contributed by atoms with van der Waals surface area (Å²) in [5, 5.41) is 26.2. The van der Waals surface area contributed by atoms with Gasteiger partial charge in [0.15, 0.2) is 11.8 Å². The first-order valence-electron chi connectivity index (χ1n) is 21.6. The normalized spacial score (nSPS) is 36.0. The molecule has 1 aromatic heterocycles. The topological polar surface area (TPSA) is 158 Å². The van der Waals surface area contributed by atoms with Gasteiger partial charge in [0.05, 0.1) is 39.5 Å². The number of carbonyl (C=O) groups is 3. The van der Waals surface area contributed by atoms with Gasteiger partial charge in [0.2, 0.25) is 5.60 Å². The summed E-state index contributed by atoms with van der Waals surface area (Å²) >= 11 is 0. The van der Waals surface area contributed by atoms with Crippen molar-refractivity contribution in [3.63, 3.8) is 0 Å². The van der Waals surface area contributed by atoms with Gasteiger partial charge in [-0.1, -0.05) is 32.1 Å². The summed E-state index contributed by atoms with van der Waals surface area (Å²) in [5.74, 6) is -1.75. The Labute approximate surface area is 356 Å². The van der Waals surface area contributed by atoms with Gasteiger partial charge in [-0.05, 0) is 85.7 Å². The van der Waals surface area contributed by atoms with Crippen molar-refractivity contribution in [1.82, 2.24) is 14.8 Å². The molecule has 10 atom stereocenters. The van der Waals surface area contributed by atoms with Crippen molar-refractivity contribution in [2.45, 2.75) is 99.5 Å². The van der Waals surface area contributed by atoms with Crippen molar-refractivity contribution >= 4 is 40.2 Å². The molecule has 14 heteroatoms. The molecule has 0 amide bonds. The molecule has 324 valence electrons. The molecule has 1 spiro atoms. The molecule has 2 saturated heterocycles. The van der Waals surface area contributed by atoms with E-state index in [1.54, 1.807) is 13.2 Å². The van der Waals surface area contributed by atoms with Crippen LogP contribution >= 0.6 is 0 Å². The molecule has 61 heavy (non-hydrogen) atoms. The maximum Gasteiger partial charge on any atom is 0.344 e. The molecule has 1 unspecified atom stereocenters. The number of nitrogens with one attached hydrogen (secondary N) is 1. The Balaban J connectivity index is 1.37. The number of fused-ring (bicyclic) bond motifs is 6. The van der Waals surface area contributed by atoms with Crippen LogP contribution in [0.1, 0.15) is 75.3 Å². The molecule has 5 aliphatic heterocycles. The summed E-state index contributed by atoms with van der Waals surface area (Å²) < 4.78 is 23.9. The number of carbonyl (C=O) groups excluding carboxylic acids is 3. The van der Waals surface area contributed by atoms with Crippen molar-refractivity contribution in [3.05, 3.63) is 76.3 Å². The first kappa shape index (κ1) is 41.4. The van der Waals surface area contributed by atoms with Gasteiger partial charge in [-0.2, -0.15) is 0 Å². The maximum absolute atomic E-state index is 15.4. The fourth-order valence-corrected chi connectivity index (χ4v) is 13.6. The lowest BCUT2D eigenvalue weighted by molar-refractivity contribution is -0.228. The van der Waals surface area contributed by atoms with Crippen molar-refractivity contribution in [3.8, 4) is 5.75 Å². The van der Waals surface area contributed by atoms with Gasteiger partial charge in [0.25, 0.3) is 0 Å². The van der Waals surface area contributed by atoms with Crippen LogP contribution in [0.5, 0.6) is 5.75 Å². The van der Waals surface area contributed by atoms with Crippen LogP contribution < -0.4 is 9.64 Å². The highest BCUT2D eigenvalue weighted by Crippen LogP contribution is 2.68. The molecule has 9 rings (SSSR count). The van der Waals surface area contributed by atoms with Crippen molar-refractivity contribution < 1.29 is 43.5 Å². The molecule has 3 aromatic rings. The number of aromatic amines is 1.